The number of benzene rings is 1. The van der Waals surface area contributed by atoms with Crippen LogP contribution in [-0.4, -0.2) is 28.0 Å². The minimum Gasteiger partial charge on any atom is -0.486 e. The highest BCUT2D eigenvalue weighted by molar-refractivity contribution is 5.60. The minimum absolute atomic E-state index is 0.188. The molecule has 0 aliphatic heterocycles. The fraction of sp³-hybridized carbons (Fsp3) is 0.300. The molecule has 1 atom stereocenters. The summed E-state index contributed by atoms with van der Waals surface area (Å²) in [6, 6.07) is 8.35. The van der Waals surface area contributed by atoms with E-state index >= 15 is 0 Å². The van der Waals surface area contributed by atoms with Crippen molar-refractivity contribution in [1.29, 1.82) is 0 Å². The Bertz CT molecular complexity index is 712. The maximum atomic E-state index is 14.0. The van der Waals surface area contributed by atoms with Crippen LogP contribution >= 0.6 is 0 Å². The summed E-state index contributed by atoms with van der Waals surface area (Å²) in [6.45, 7) is 5.58. The number of rotatable bonds is 9. The Morgan fingerprint density at radius 1 is 1.28 bits per heavy atom. The highest BCUT2D eigenvalue weighted by Gasteiger charge is 2.07. The van der Waals surface area contributed by atoms with Crippen LogP contribution in [0.5, 0.6) is 5.75 Å². The van der Waals surface area contributed by atoms with Gasteiger partial charge in [0.25, 0.3) is 0 Å². The number of nitrogens with zero attached hydrogens (tertiary/aromatic N) is 2. The fourth-order valence-corrected chi connectivity index (χ4v) is 2.25. The zero-order chi connectivity index (χ0) is 18.1. The zero-order valence-corrected chi connectivity index (χ0v) is 14.4. The molecule has 0 aliphatic carbocycles. The number of hydrogen-bond acceptors (Lipinski definition) is 4. The van der Waals surface area contributed by atoms with Crippen molar-refractivity contribution in [2.75, 3.05) is 6.61 Å². The number of aliphatic hydroxyl groups is 1. The van der Waals surface area contributed by atoms with Crippen molar-refractivity contribution in [3.8, 4) is 17.0 Å². The molecule has 2 rings (SSSR count). The molecule has 1 N–H and O–H groups in total. The van der Waals surface area contributed by atoms with E-state index in [1.165, 1.54) is 6.07 Å². The number of ether oxygens (including phenoxy) is 1. The van der Waals surface area contributed by atoms with Gasteiger partial charge in [0.15, 0.2) is 11.6 Å². The van der Waals surface area contributed by atoms with Gasteiger partial charge in [0, 0.05) is 5.56 Å². The second-order valence-corrected chi connectivity index (χ2v) is 5.77. The molecular weight excluding hydrogens is 319 g/mol. The van der Waals surface area contributed by atoms with Crippen LogP contribution in [0, 0.1) is 5.82 Å². The van der Waals surface area contributed by atoms with E-state index < -0.39 is 5.82 Å². The maximum absolute atomic E-state index is 14.0. The van der Waals surface area contributed by atoms with Crippen LogP contribution in [0.2, 0.25) is 0 Å². The second-order valence-electron chi connectivity index (χ2n) is 5.77. The van der Waals surface area contributed by atoms with Crippen LogP contribution in [-0.2, 0) is 0 Å². The molecule has 1 aromatic carbocycles. The summed E-state index contributed by atoms with van der Waals surface area (Å²) in [5, 5.41) is 17.5. The van der Waals surface area contributed by atoms with Gasteiger partial charge in [0.2, 0.25) is 0 Å². The summed E-state index contributed by atoms with van der Waals surface area (Å²) in [4.78, 5) is 0. The topological polar surface area (TPSA) is 55.2 Å². The van der Waals surface area contributed by atoms with Crippen LogP contribution < -0.4 is 4.74 Å². The molecule has 0 bridgehead atoms. The van der Waals surface area contributed by atoms with Crippen molar-refractivity contribution in [3.63, 3.8) is 0 Å². The smallest absolute Gasteiger partial charge is 0.165 e. The van der Waals surface area contributed by atoms with Crippen LogP contribution in [0.4, 0.5) is 4.39 Å². The molecule has 0 aliphatic rings. The molecule has 0 amide bonds. The third-order valence-corrected chi connectivity index (χ3v) is 3.55. The van der Waals surface area contributed by atoms with Crippen LogP contribution in [0.15, 0.2) is 49.1 Å². The summed E-state index contributed by atoms with van der Waals surface area (Å²) >= 11 is 0. The van der Waals surface area contributed by atoms with E-state index in [9.17, 15) is 9.50 Å². The molecule has 1 heterocycles. The van der Waals surface area contributed by atoms with Gasteiger partial charge in [-0.3, -0.25) is 0 Å². The van der Waals surface area contributed by atoms with E-state index in [2.05, 4.69) is 16.8 Å². The molecule has 5 heteroatoms. The van der Waals surface area contributed by atoms with Gasteiger partial charge in [-0.15, -0.1) is 5.10 Å². The summed E-state index contributed by atoms with van der Waals surface area (Å²) in [7, 11) is 0. The van der Waals surface area contributed by atoms with Gasteiger partial charge in [-0.2, -0.15) is 5.10 Å². The Balaban J connectivity index is 1.98. The Morgan fingerprint density at radius 3 is 2.76 bits per heavy atom. The second kappa shape index (κ2) is 9.69. The SMILES string of the molecule is C=CCOc1ccc(-c2ccc(/C=C/CCCC(C)O)nn2)cc1F. The Hall–Kier alpha value is -2.53. The molecule has 0 fully saturated rings. The van der Waals surface area contributed by atoms with Gasteiger partial charge in [0.1, 0.15) is 6.61 Å². The van der Waals surface area contributed by atoms with Gasteiger partial charge in [-0.05, 0) is 62.6 Å². The number of allylic oxidation sites excluding steroid dienone is 1. The van der Waals surface area contributed by atoms with E-state index in [0.717, 1.165) is 25.0 Å². The summed E-state index contributed by atoms with van der Waals surface area (Å²) in [5.74, 6) is -0.253. The van der Waals surface area contributed by atoms with Gasteiger partial charge >= 0.3 is 0 Å². The fourth-order valence-electron chi connectivity index (χ4n) is 2.25. The average Bonchev–Trinajstić information content (AvgIpc) is 2.60. The molecule has 2 aromatic rings. The molecule has 0 saturated carbocycles. The minimum atomic E-state index is -0.441. The Kier molecular flexibility index (Phi) is 7.29. The third-order valence-electron chi connectivity index (χ3n) is 3.55. The van der Waals surface area contributed by atoms with Gasteiger partial charge in [-0.1, -0.05) is 18.7 Å². The van der Waals surface area contributed by atoms with E-state index in [4.69, 9.17) is 4.74 Å². The molecule has 0 spiro atoms. The number of halogens is 1. The number of aromatic nitrogens is 2. The van der Waals surface area contributed by atoms with E-state index in [1.54, 1.807) is 25.1 Å². The predicted octanol–water partition coefficient (Wildman–Crippen LogP) is 4.41. The van der Waals surface area contributed by atoms with Gasteiger partial charge < -0.3 is 9.84 Å². The predicted molar refractivity (Wildman–Crippen MR) is 97.7 cm³/mol. The molecule has 1 aromatic heterocycles. The van der Waals surface area contributed by atoms with Crippen molar-refractivity contribution >= 4 is 6.08 Å². The monoisotopic (exact) mass is 342 g/mol. The normalized spacial score (nSPS) is 12.3. The molecule has 132 valence electrons. The molecule has 0 radical (unpaired) electrons. The summed E-state index contributed by atoms with van der Waals surface area (Å²) in [6.07, 6.45) is 7.80. The van der Waals surface area contributed by atoms with Crippen LogP contribution in [0.3, 0.4) is 0 Å². The van der Waals surface area contributed by atoms with E-state index in [-0.39, 0.29) is 18.5 Å². The van der Waals surface area contributed by atoms with Crippen LogP contribution in [0.25, 0.3) is 17.3 Å². The van der Waals surface area contributed by atoms with Crippen molar-refractivity contribution in [3.05, 3.63) is 60.6 Å². The van der Waals surface area contributed by atoms with Crippen molar-refractivity contribution in [2.45, 2.75) is 32.3 Å². The number of hydrogen-bond donors (Lipinski definition) is 1. The standard InChI is InChI=1S/C20H23FN2O2/c1-3-13-25-20-12-9-16(14-18(20)21)19-11-10-17(22-23-19)8-6-4-5-7-15(2)24/h3,6,8-12,14-15,24H,1,4-5,7,13H2,2H3/b8-6+. The quantitative estimate of drug-likeness (QED) is 0.542. The summed E-state index contributed by atoms with van der Waals surface area (Å²) in [5.41, 5.74) is 1.98. The molecule has 25 heavy (non-hydrogen) atoms. The highest BCUT2D eigenvalue weighted by atomic mass is 19.1. The average molecular weight is 342 g/mol. The number of aliphatic hydroxyl groups excluding tert-OH is 1. The first kappa shape index (κ1) is 18.8. The van der Waals surface area contributed by atoms with Crippen molar-refractivity contribution in [2.24, 2.45) is 0 Å². The lowest BCUT2D eigenvalue weighted by atomic mass is 10.1. The lowest BCUT2D eigenvalue weighted by Gasteiger charge is -2.06. The third kappa shape index (κ3) is 6.12. The first-order chi connectivity index (χ1) is 12.1. The van der Waals surface area contributed by atoms with E-state index in [0.29, 0.717) is 11.3 Å². The zero-order valence-electron chi connectivity index (χ0n) is 14.4. The van der Waals surface area contributed by atoms with Gasteiger partial charge in [0.05, 0.1) is 17.5 Å². The summed E-state index contributed by atoms with van der Waals surface area (Å²) < 4.78 is 19.2. The largest absolute Gasteiger partial charge is 0.486 e. The van der Waals surface area contributed by atoms with Crippen molar-refractivity contribution < 1.29 is 14.2 Å². The van der Waals surface area contributed by atoms with Crippen molar-refractivity contribution in [1.82, 2.24) is 10.2 Å². The first-order valence-electron chi connectivity index (χ1n) is 8.32. The number of unbranched alkanes of at least 4 members (excludes halogenated alkanes) is 1. The molecule has 1 unspecified atom stereocenters. The Morgan fingerprint density at radius 2 is 2.12 bits per heavy atom. The van der Waals surface area contributed by atoms with E-state index in [1.807, 2.05) is 24.3 Å². The Labute approximate surface area is 147 Å². The first-order valence-corrected chi connectivity index (χ1v) is 8.32. The maximum Gasteiger partial charge on any atom is 0.165 e. The molecule has 0 saturated heterocycles. The molecule has 4 nitrogen and oxygen atoms in total. The highest BCUT2D eigenvalue weighted by Crippen LogP contribution is 2.24. The molecular formula is C20H23FN2O2. The lowest BCUT2D eigenvalue weighted by Crippen LogP contribution is -1.97. The lowest BCUT2D eigenvalue weighted by molar-refractivity contribution is 0.182. The van der Waals surface area contributed by atoms with Crippen LogP contribution in [0.1, 0.15) is 31.9 Å². The van der Waals surface area contributed by atoms with Gasteiger partial charge in [-0.25, -0.2) is 4.39 Å².